The molecule has 0 saturated heterocycles. The number of nitrogens with zero attached hydrogens (tertiary/aromatic N) is 2. The van der Waals surface area contributed by atoms with Crippen molar-refractivity contribution in [2.24, 2.45) is 0 Å². The highest BCUT2D eigenvalue weighted by atomic mass is 35.5. The normalized spacial score (nSPS) is 10.5. The smallest absolute Gasteiger partial charge is 0.142 e. The predicted octanol–water partition coefficient (Wildman–Crippen LogP) is 3.62. The van der Waals surface area contributed by atoms with Gasteiger partial charge in [0.15, 0.2) is 0 Å². The van der Waals surface area contributed by atoms with Crippen molar-refractivity contribution in [1.29, 1.82) is 0 Å². The van der Waals surface area contributed by atoms with Crippen LogP contribution in [0.4, 0.5) is 11.5 Å². The molecule has 0 aliphatic heterocycles. The molecule has 0 aliphatic carbocycles. The van der Waals surface area contributed by atoms with Gasteiger partial charge in [-0.1, -0.05) is 30.7 Å². The molecular weight excluding hydrogens is 286 g/mol. The van der Waals surface area contributed by atoms with E-state index in [-0.39, 0.29) is 0 Å². The third kappa shape index (κ3) is 3.65. The standard InChI is InChI=1S/C16H20ClN3O/c1-4-18-10-12-9-16(19-11-13(12)17)20(2)14-7-5-6-8-15(14)21-3/h5-9,11,18H,4,10H2,1-3H3. The Labute approximate surface area is 130 Å². The van der Waals surface area contributed by atoms with E-state index in [1.165, 1.54) is 0 Å². The maximum absolute atomic E-state index is 6.20. The molecule has 21 heavy (non-hydrogen) atoms. The molecule has 4 nitrogen and oxygen atoms in total. The number of rotatable bonds is 6. The summed E-state index contributed by atoms with van der Waals surface area (Å²) >= 11 is 6.20. The van der Waals surface area contributed by atoms with Crippen molar-refractivity contribution in [3.63, 3.8) is 0 Å². The zero-order valence-electron chi connectivity index (χ0n) is 12.6. The van der Waals surface area contributed by atoms with E-state index >= 15 is 0 Å². The summed E-state index contributed by atoms with van der Waals surface area (Å²) in [6, 6.07) is 9.85. The second-order valence-corrected chi connectivity index (χ2v) is 5.05. The van der Waals surface area contributed by atoms with Crippen LogP contribution in [-0.2, 0) is 6.54 Å². The quantitative estimate of drug-likeness (QED) is 0.884. The van der Waals surface area contributed by atoms with Gasteiger partial charge in [-0.25, -0.2) is 4.98 Å². The van der Waals surface area contributed by atoms with Crippen molar-refractivity contribution in [1.82, 2.24) is 10.3 Å². The Bertz CT molecular complexity index is 604. The van der Waals surface area contributed by atoms with E-state index in [9.17, 15) is 0 Å². The molecule has 1 aromatic carbocycles. The SMILES string of the molecule is CCNCc1cc(N(C)c2ccccc2OC)ncc1Cl. The van der Waals surface area contributed by atoms with E-state index in [4.69, 9.17) is 16.3 Å². The van der Waals surface area contributed by atoms with E-state index in [1.54, 1.807) is 13.3 Å². The number of hydrogen-bond donors (Lipinski definition) is 1. The van der Waals surface area contributed by atoms with Crippen LogP contribution < -0.4 is 15.0 Å². The fourth-order valence-corrected chi connectivity index (χ4v) is 2.25. The highest BCUT2D eigenvalue weighted by molar-refractivity contribution is 6.31. The van der Waals surface area contributed by atoms with E-state index in [1.807, 2.05) is 42.3 Å². The molecular formula is C16H20ClN3O. The number of ether oxygens (including phenoxy) is 1. The summed E-state index contributed by atoms with van der Waals surface area (Å²) in [5.74, 6) is 1.64. The van der Waals surface area contributed by atoms with Crippen molar-refractivity contribution in [3.8, 4) is 5.75 Å². The Kier molecular flexibility index (Phi) is 5.42. The Balaban J connectivity index is 2.32. The maximum Gasteiger partial charge on any atom is 0.142 e. The first kappa shape index (κ1) is 15.6. The molecule has 1 aromatic heterocycles. The molecule has 2 aromatic rings. The molecule has 0 amide bonds. The largest absolute Gasteiger partial charge is 0.495 e. The number of benzene rings is 1. The first-order chi connectivity index (χ1) is 10.2. The highest BCUT2D eigenvalue weighted by Crippen LogP contribution is 2.32. The minimum atomic E-state index is 0.674. The number of pyridine rings is 1. The molecule has 0 bridgehead atoms. The second-order valence-electron chi connectivity index (χ2n) is 4.65. The minimum Gasteiger partial charge on any atom is -0.495 e. The number of anilines is 2. The van der Waals surface area contributed by atoms with Crippen molar-refractivity contribution in [3.05, 3.63) is 47.1 Å². The Morgan fingerprint density at radius 2 is 2.10 bits per heavy atom. The van der Waals surface area contributed by atoms with E-state index in [2.05, 4.69) is 17.2 Å². The Hall–Kier alpha value is -1.78. The van der Waals surface area contributed by atoms with Gasteiger partial charge in [0.05, 0.1) is 17.8 Å². The lowest BCUT2D eigenvalue weighted by Crippen LogP contribution is -2.15. The van der Waals surface area contributed by atoms with Crippen LogP contribution in [0.3, 0.4) is 0 Å². The lowest BCUT2D eigenvalue weighted by molar-refractivity contribution is 0.415. The molecule has 1 N–H and O–H groups in total. The molecule has 0 spiro atoms. The molecule has 0 aliphatic rings. The first-order valence-electron chi connectivity index (χ1n) is 6.89. The lowest BCUT2D eigenvalue weighted by Gasteiger charge is -2.21. The summed E-state index contributed by atoms with van der Waals surface area (Å²) in [5, 5.41) is 3.95. The second kappa shape index (κ2) is 7.29. The van der Waals surface area contributed by atoms with Crippen LogP contribution in [-0.4, -0.2) is 25.7 Å². The van der Waals surface area contributed by atoms with Crippen LogP contribution in [0.1, 0.15) is 12.5 Å². The van der Waals surface area contributed by atoms with Crippen molar-refractivity contribution in [2.45, 2.75) is 13.5 Å². The van der Waals surface area contributed by atoms with E-state index in [0.717, 1.165) is 35.9 Å². The molecule has 0 atom stereocenters. The number of nitrogens with one attached hydrogen (secondary N) is 1. The molecule has 112 valence electrons. The van der Waals surface area contributed by atoms with Gasteiger partial charge in [-0.15, -0.1) is 0 Å². The molecule has 5 heteroatoms. The van der Waals surface area contributed by atoms with Gasteiger partial charge in [0, 0.05) is 19.8 Å². The fourth-order valence-electron chi connectivity index (χ4n) is 2.08. The van der Waals surface area contributed by atoms with Gasteiger partial charge in [-0.05, 0) is 30.3 Å². The topological polar surface area (TPSA) is 37.4 Å². The van der Waals surface area contributed by atoms with Crippen LogP contribution in [0.2, 0.25) is 5.02 Å². The van der Waals surface area contributed by atoms with Gasteiger partial charge < -0.3 is 15.0 Å². The summed E-state index contributed by atoms with van der Waals surface area (Å²) in [6.45, 7) is 3.69. The van der Waals surface area contributed by atoms with E-state index in [0.29, 0.717) is 5.02 Å². The summed E-state index contributed by atoms with van der Waals surface area (Å²) in [5.41, 5.74) is 1.99. The lowest BCUT2D eigenvalue weighted by atomic mass is 10.2. The average molecular weight is 306 g/mol. The van der Waals surface area contributed by atoms with Crippen LogP contribution in [0, 0.1) is 0 Å². The molecule has 1 heterocycles. The zero-order valence-corrected chi connectivity index (χ0v) is 13.3. The molecule has 0 unspecified atom stereocenters. The number of para-hydroxylation sites is 2. The van der Waals surface area contributed by atoms with Crippen molar-refractivity contribution in [2.75, 3.05) is 25.6 Å². The van der Waals surface area contributed by atoms with Crippen LogP contribution in [0.5, 0.6) is 5.75 Å². The van der Waals surface area contributed by atoms with Gasteiger partial charge in [-0.3, -0.25) is 0 Å². The third-order valence-electron chi connectivity index (χ3n) is 3.28. The minimum absolute atomic E-state index is 0.674. The molecule has 2 rings (SSSR count). The Morgan fingerprint density at radius 1 is 1.33 bits per heavy atom. The summed E-state index contributed by atoms with van der Waals surface area (Å²) in [4.78, 5) is 6.40. The average Bonchev–Trinajstić information content (AvgIpc) is 2.53. The number of methoxy groups -OCH3 is 1. The third-order valence-corrected chi connectivity index (χ3v) is 3.62. The first-order valence-corrected chi connectivity index (χ1v) is 7.27. The Morgan fingerprint density at radius 3 is 2.81 bits per heavy atom. The van der Waals surface area contributed by atoms with Gasteiger partial charge in [0.2, 0.25) is 0 Å². The zero-order chi connectivity index (χ0) is 15.2. The van der Waals surface area contributed by atoms with Gasteiger partial charge in [0.25, 0.3) is 0 Å². The molecule has 0 saturated carbocycles. The highest BCUT2D eigenvalue weighted by Gasteiger charge is 2.12. The fraction of sp³-hybridized carbons (Fsp3) is 0.312. The van der Waals surface area contributed by atoms with Gasteiger partial charge in [-0.2, -0.15) is 0 Å². The molecule has 0 radical (unpaired) electrons. The maximum atomic E-state index is 6.20. The van der Waals surface area contributed by atoms with Crippen molar-refractivity contribution >= 4 is 23.1 Å². The number of aromatic nitrogens is 1. The molecule has 0 fully saturated rings. The van der Waals surface area contributed by atoms with Crippen LogP contribution >= 0.6 is 11.6 Å². The van der Waals surface area contributed by atoms with Gasteiger partial charge in [0.1, 0.15) is 11.6 Å². The summed E-state index contributed by atoms with van der Waals surface area (Å²) in [7, 11) is 3.63. The van der Waals surface area contributed by atoms with Crippen LogP contribution in [0.15, 0.2) is 36.5 Å². The van der Waals surface area contributed by atoms with Gasteiger partial charge >= 0.3 is 0 Å². The van der Waals surface area contributed by atoms with Crippen molar-refractivity contribution < 1.29 is 4.74 Å². The monoisotopic (exact) mass is 305 g/mol. The van der Waals surface area contributed by atoms with Crippen LogP contribution in [0.25, 0.3) is 0 Å². The summed E-state index contributed by atoms with van der Waals surface area (Å²) < 4.78 is 5.40. The summed E-state index contributed by atoms with van der Waals surface area (Å²) in [6.07, 6.45) is 1.69. The number of halogens is 1. The number of hydrogen-bond acceptors (Lipinski definition) is 4. The predicted molar refractivity (Wildman–Crippen MR) is 87.7 cm³/mol. The van der Waals surface area contributed by atoms with E-state index < -0.39 is 0 Å².